The zero-order valence-electron chi connectivity index (χ0n) is 19.3. The van der Waals surface area contributed by atoms with E-state index in [1.165, 1.54) is 4.31 Å². The predicted molar refractivity (Wildman–Crippen MR) is 140 cm³/mol. The lowest BCUT2D eigenvalue weighted by Crippen LogP contribution is -2.32. The van der Waals surface area contributed by atoms with Gasteiger partial charge in [-0.15, -0.1) is 0 Å². The van der Waals surface area contributed by atoms with E-state index in [-0.39, 0.29) is 17.6 Å². The Bertz CT molecular complexity index is 1360. The molecule has 3 aromatic carbocycles. The number of sulfonamides is 1. The summed E-state index contributed by atoms with van der Waals surface area (Å²) in [6.45, 7) is 2.21. The van der Waals surface area contributed by atoms with Crippen molar-refractivity contribution in [3.8, 4) is 0 Å². The van der Waals surface area contributed by atoms with Crippen LogP contribution in [0.2, 0.25) is 5.02 Å². The van der Waals surface area contributed by atoms with E-state index < -0.39 is 10.0 Å². The standard InChI is InChI=1S/C26H26ClN3O4S/c1-18-16-21(30-14-6-3-7-15-35(30,33)34)11-12-22(18)26(32)28-20-10-13-23(27)24(17-20)29-25(31)19-8-4-2-5-9-19/h2,4-5,8-13,16-17H,3,6-7,14-15H2,1H3,(H,28,32)(H,29,31). The fourth-order valence-corrected chi connectivity index (χ4v) is 5.79. The molecule has 0 aliphatic carbocycles. The van der Waals surface area contributed by atoms with Crippen molar-refractivity contribution in [2.45, 2.75) is 26.2 Å². The first kappa shape index (κ1) is 24.8. The van der Waals surface area contributed by atoms with E-state index in [9.17, 15) is 18.0 Å². The first-order valence-electron chi connectivity index (χ1n) is 11.3. The molecule has 1 fully saturated rings. The molecular weight excluding hydrogens is 486 g/mol. The van der Waals surface area contributed by atoms with Crippen molar-refractivity contribution >= 4 is 50.5 Å². The molecule has 2 N–H and O–H groups in total. The van der Waals surface area contributed by atoms with E-state index in [2.05, 4.69) is 10.6 Å². The Kier molecular flexibility index (Phi) is 7.42. The van der Waals surface area contributed by atoms with Gasteiger partial charge in [0.2, 0.25) is 10.0 Å². The number of anilines is 3. The van der Waals surface area contributed by atoms with Crippen LogP contribution in [-0.2, 0) is 10.0 Å². The van der Waals surface area contributed by atoms with Crippen LogP contribution >= 0.6 is 11.6 Å². The molecule has 0 saturated carbocycles. The second-order valence-electron chi connectivity index (χ2n) is 8.42. The summed E-state index contributed by atoms with van der Waals surface area (Å²) in [6, 6.07) is 18.6. The van der Waals surface area contributed by atoms with Crippen molar-refractivity contribution in [2.75, 3.05) is 27.2 Å². The Labute approximate surface area is 210 Å². The molecule has 182 valence electrons. The summed E-state index contributed by atoms with van der Waals surface area (Å²) in [4.78, 5) is 25.5. The van der Waals surface area contributed by atoms with Gasteiger partial charge in [-0.05, 0) is 73.9 Å². The Morgan fingerprint density at radius 2 is 1.66 bits per heavy atom. The van der Waals surface area contributed by atoms with Crippen LogP contribution in [0.4, 0.5) is 17.1 Å². The van der Waals surface area contributed by atoms with Gasteiger partial charge in [0.15, 0.2) is 0 Å². The zero-order valence-corrected chi connectivity index (χ0v) is 20.8. The maximum Gasteiger partial charge on any atom is 0.255 e. The number of aryl methyl sites for hydroxylation is 1. The van der Waals surface area contributed by atoms with Crippen molar-refractivity contribution in [1.82, 2.24) is 0 Å². The van der Waals surface area contributed by atoms with Crippen LogP contribution in [0.1, 0.15) is 45.5 Å². The predicted octanol–water partition coefficient (Wildman–Crippen LogP) is 5.47. The molecule has 3 aromatic rings. The highest BCUT2D eigenvalue weighted by Crippen LogP contribution is 2.28. The number of carbonyl (C=O) groups is 2. The summed E-state index contributed by atoms with van der Waals surface area (Å²) in [7, 11) is -3.36. The topological polar surface area (TPSA) is 95.6 Å². The number of halogens is 1. The minimum atomic E-state index is -3.36. The van der Waals surface area contributed by atoms with E-state index in [1.807, 2.05) is 6.07 Å². The van der Waals surface area contributed by atoms with Crippen molar-refractivity contribution in [2.24, 2.45) is 0 Å². The molecule has 0 atom stereocenters. The largest absolute Gasteiger partial charge is 0.322 e. The van der Waals surface area contributed by atoms with Crippen LogP contribution in [0.15, 0.2) is 66.7 Å². The summed E-state index contributed by atoms with van der Waals surface area (Å²) >= 11 is 6.25. The number of benzene rings is 3. The molecule has 1 saturated heterocycles. The average molecular weight is 512 g/mol. The van der Waals surface area contributed by atoms with Gasteiger partial charge in [-0.25, -0.2) is 8.42 Å². The number of hydrogen-bond acceptors (Lipinski definition) is 4. The minimum Gasteiger partial charge on any atom is -0.322 e. The Morgan fingerprint density at radius 3 is 2.40 bits per heavy atom. The molecule has 7 nitrogen and oxygen atoms in total. The maximum atomic E-state index is 13.0. The van der Waals surface area contributed by atoms with Gasteiger partial charge in [0.25, 0.3) is 11.8 Å². The lowest BCUT2D eigenvalue weighted by molar-refractivity contribution is 0.101. The van der Waals surface area contributed by atoms with Crippen molar-refractivity contribution in [3.05, 3.63) is 88.4 Å². The zero-order chi connectivity index (χ0) is 25.0. The van der Waals surface area contributed by atoms with Gasteiger partial charge in [-0.1, -0.05) is 36.2 Å². The normalized spacial score (nSPS) is 15.2. The fourth-order valence-electron chi connectivity index (χ4n) is 3.99. The first-order chi connectivity index (χ1) is 16.7. The van der Waals surface area contributed by atoms with Gasteiger partial charge in [-0.3, -0.25) is 13.9 Å². The van der Waals surface area contributed by atoms with E-state index in [1.54, 1.807) is 67.6 Å². The Morgan fingerprint density at radius 1 is 0.886 bits per heavy atom. The van der Waals surface area contributed by atoms with Gasteiger partial charge in [0, 0.05) is 23.4 Å². The van der Waals surface area contributed by atoms with Crippen LogP contribution in [-0.4, -0.2) is 32.5 Å². The van der Waals surface area contributed by atoms with E-state index >= 15 is 0 Å². The van der Waals surface area contributed by atoms with Crippen LogP contribution in [0.5, 0.6) is 0 Å². The SMILES string of the molecule is Cc1cc(N2CCCCCS2(=O)=O)ccc1C(=O)Nc1ccc(Cl)c(NC(=O)c2ccccc2)c1. The quantitative estimate of drug-likeness (QED) is 0.474. The molecule has 0 unspecified atom stereocenters. The van der Waals surface area contributed by atoms with Gasteiger partial charge >= 0.3 is 0 Å². The molecule has 0 aromatic heterocycles. The molecule has 2 amide bonds. The van der Waals surface area contributed by atoms with Crippen molar-refractivity contribution < 1.29 is 18.0 Å². The number of amides is 2. The monoisotopic (exact) mass is 511 g/mol. The smallest absolute Gasteiger partial charge is 0.255 e. The van der Waals surface area contributed by atoms with Gasteiger partial charge < -0.3 is 10.6 Å². The molecule has 1 aliphatic heterocycles. The van der Waals surface area contributed by atoms with Gasteiger partial charge in [0.1, 0.15) is 0 Å². The molecule has 4 rings (SSSR count). The second-order valence-corrected chi connectivity index (χ2v) is 10.8. The number of nitrogens with zero attached hydrogens (tertiary/aromatic N) is 1. The molecule has 9 heteroatoms. The molecule has 0 radical (unpaired) electrons. The molecule has 1 heterocycles. The third kappa shape index (κ3) is 5.83. The summed E-state index contributed by atoms with van der Waals surface area (Å²) < 4.78 is 26.7. The Hall–Kier alpha value is -3.36. The minimum absolute atomic E-state index is 0.133. The number of rotatable bonds is 5. The maximum absolute atomic E-state index is 13.0. The summed E-state index contributed by atoms with van der Waals surface area (Å²) in [5.74, 6) is -0.533. The second kappa shape index (κ2) is 10.5. The van der Waals surface area contributed by atoms with Crippen LogP contribution in [0.3, 0.4) is 0 Å². The fraction of sp³-hybridized carbons (Fsp3) is 0.231. The van der Waals surface area contributed by atoms with E-state index in [0.717, 1.165) is 12.8 Å². The van der Waals surface area contributed by atoms with E-state index in [0.29, 0.717) is 51.7 Å². The van der Waals surface area contributed by atoms with Gasteiger partial charge in [-0.2, -0.15) is 0 Å². The average Bonchev–Trinajstić information content (AvgIpc) is 3.01. The summed E-state index contributed by atoms with van der Waals surface area (Å²) in [5, 5.41) is 5.93. The first-order valence-corrected chi connectivity index (χ1v) is 13.3. The molecule has 1 aliphatic rings. The van der Waals surface area contributed by atoms with Crippen molar-refractivity contribution in [3.63, 3.8) is 0 Å². The molecular formula is C26H26ClN3O4S. The lowest BCUT2D eigenvalue weighted by atomic mass is 10.1. The molecule has 35 heavy (non-hydrogen) atoms. The molecule has 0 bridgehead atoms. The van der Waals surface area contributed by atoms with Crippen molar-refractivity contribution in [1.29, 1.82) is 0 Å². The van der Waals surface area contributed by atoms with Crippen LogP contribution in [0, 0.1) is 6.92 Å². The third-order valence-electron chi connectivity index (χ3n) is 5.85. The van der Waals surface area contributed by atoms with Gasteiger partial charge in [0.05, 0.1) is 22.2 Å². The van der Waals surface area contributed by atoms with Crippen LogP contribution in [0.25, 0.3) is 0 Å². The third-order valence-corrected chi connectivity index (χ3v) is 8.05. The Balaban J connectivity index is 1.51. The van der Waals surface area contributed by atoms with Crippen LogP contribution < -0.4 is 14.9 Å². The van der Waals surface area contributed by atoms with E-state index in [4.69, 9.17) is 11.6 Å². The number of hydrogen-bond donors (Lipinski definition) is 2. The molecule has 0 spiro atoms. The number of nitrogens with one attached hydrogen (secondary N) is 2. The highest BCUT2D eigenvalue weighted by atomic mass is 35.5. The highest BCUT2D eigenvalue weighted by molar-refractivity contribution is 7.92. The number of carbonyl (C=O) groups excluding carboxylic acids is 2. The lowest BCUT2D eigenvalue weighted by Gasteiger charge is -2.23. The highest BCUT2D eigenvalue weighted by Gasteiger charge is 2.25. The summed E-state index contributed by atoms with van der Waals surface area (Å²) in [6.07, 6.45) is 2.34. The summed E-state index contributed by atoms with van der Waals surface area (Å²) in [5.41, 5.74) is 2.97.